The average molecular weight is 542 g/mol. The van der Waals surface area contributed by atoms with Gasteiger partial charge in [-0.2, -0.15) is 0 Å². The van der Waals surface area contributed by atoms with Crippen LogP contribution in [0.3, 0.4) is 0 Å². The number of ether oxygens (including phenoxy) is 2. The van der Waals surface area contributed by atoms with Gasteiger partial charge in [-0.15, -0.1) is 0 Å². The second-order valence-electron chi connectivity index (χ2n) is 7.64. The molecule has 0 aliphatic carbocycles. The smallest absolute Gasteiger partial charge is 0.310 e. The van der Waals surface area contributed by atoms with Gasteiger partial charge in [0.15, 0.2) is 0 Å². The maximum Gasteiger partial charge on any atom is 0.310 e. The summed E-state index contributed by atoms with van der Waals surface area (Å²) >= 11 is 7.08. The number of esters is 1. The summed E-state index contributed by atoms with van der Waals surface area (Å²) in [6.07, 6.45) is 11.3. The van der Waals surface area contributed by atoms with E-state index in [2.05, 4.69) is 77.8 Å². The molecule has 0 fully saturated rings. The molecule has 0 atom stereocenters. The highest BCUT2D eigenvalue weighted by molar-refractivity contribution is 9.11. The fourth-order valence-corrected chi connectivity index (χ4v) is 4.35. The molecule has 0 bridgehead atoms. The minimum absolute atomic E-state index is 0.232. The Kier molecular flexibility index (Phi) is 13.0. The third-order valence-electron chi connectivity index (χ3n) is 4.49. The van der Waals surface area contributed by atoms with Gasteiger partial charge in [0.05, 0.1) is 22.0 Å². The van der Waals surface area contributed by atoms with Crippen LogP contribution in [0.15, 0.2) is 56.0 Å². The van der Waals surface area contributed by atoms with Gasteiger partial charge in [-0.25, -0.2) is 0 Å². The molecule has 30 heavy (non-hydrogen) atoms. The first-order valence-corrected chi connectivity index (χ1v) is 12.0. The minimum atomic E-state index is -0.232. The van der Waals surface area contributed by atoms with Crippen molar-refractivity contribution in [2.45, 2.75) is 66.7 Å². The second-order valence-corrected chi connectivity index (χ2v) is 9.35. The molecule has 1 rings (SSSR count). The molecule has 0 spiro atoms. The third-order valence-corrected chi connectivity index (χ3v) is 5.67. The summed E-state index contributed by atoms with van der Waals surface area (Å²) < 4.78 is 12.6. The monoisotopic (exact) mass is 540 g/mol. The summed E-state index contributed by atoms with van der Waals surface area (Å²) in [4.78, 5) is 11.7. The predicted octanol–water partition coefficient (Wildman–Crippen LogP) is 8.12. The zero-order chi connectivity index (χ0) is 22.5. The molecule has 0 radical (unpaired) electrons. The van der Waals surface area contributed by atoms with Crippen LogP contribution < -0.4 is 4.74 Å². The third kappa shape index (κ3) is 11.2. The van der Waals surface area contributed by atoms with Crippen molar-refractivity contribution in [1.82, 2.24) is 0 Å². The number of benzene rings is 1. The maximum absolute atomic E-state index is 11.7. The van der Waals surface area contributed by atoms with Crippen LogP contribution in [0, 0.1) is 0 Å². The largest absolute Gasteiger partial charge is 0.487 e. The lowest BCUT2D eigenvalue weighted by atomic mass is 10.1. The van der Waals surface area contributed by atoms with Crippen molar-refractivity contribution in [1.29, 1.82) is 0 Å². The van der Waals surface area contributed by atoms with Crippen molar-refractivity contribution in [3.63, 3.8) is 0 Å². The van der Waals surface area contributed by atoms with E-state index in [-0.39, 0.29) is 12.4 Å². The predicted molar refractivity (Wildman–Crippen MR) is 133 cm³/mol. The van der Waals surface area contributed by atoms with Crippen LogP contribution >= 0.6 is 31.9 Å². The van der Waals surface area contributed by atoms with Gasteiger partial charge in [-0.1, -0.05) is 28.9 Å². The van der Waals surface area contributed by atoms with Crippen LogP contribution in [0.5, 0.6) is 5.75 Å². The van der Waals surface area contributed by atoms with Crippen LogP contribution in [0.2, 0.25) is 0 Å². The van der Waals surface area contributed by atoms with Crippen molar-refractivity contribution in [3.05, 3.63) is 61.6 Å². The molecule has 0 saturated heterocycles. The van der Waals surface area contributed by atoms with Crippen molar-refractivity contribution in [2.24, 2.45) is 0 Å². The number of allylic oxidation sites excluding steroid dienone is 5. The number of halogens is 2. The molecule has 0 amide bonds. The first-order valence-electron chi connectivity index (χ1n) is 10.4. The Morgan fingerprint density at radius 3 is 2.07 bits per heavy atom. The number of carbonyl (C=O) groups excluding carboxylic acids is 1. The Balaban J connectivity index is 2.52. The Morgan fingerprint density at radius 1 is 0.933 bits per heavy atom. The van der Waals surface area contributed by atoms with E-state index in [0.717, 1.165) is 45.9 Å². The summed E-state index contributed by atoms with van der Waals surface area (Å²) in [6, 6.07) is 3.80. The van der Waals surface area contributed by atoms with E-state index >= 15 is 0 Å². The summed E-state index contributed by atoms with van der Waals surface area (Å²) in [6.45, 7) is 11.3. The zero-order valence-corrected chi connectivity index (χ0v) is 22.0. The van der Waals surface area contributed by atoms with Gasteiger partial charge in [0.2, 0.25) is 0 Å². The van der Waals surface area contributed by atoms with E-state index in [1.54, 1.807) is 6.92 Å². The molecule has 3 nitrogen and oxygen atoms in total. The van der Waals surface area contributed by atoms with E-state index in [0.29, 0.717) is 13.2 Å². The molecule has 0 aliphatic heterocycles. The molecule has 0 aromatic heterocycles. The zero-order valence-electron chi connectivity index (χ0n) is 18.8. The van der Waals surface area contributed by atoms with Gasteiger partial charge in [-0.05, 0) is 116 Å². The number of hydrogen-bond acceptors (Lipinski definition) is 3. The van der Waals surface area contributed by atoms with Gasteiger partial charge in [-0.3, -0.25) is 4.79 Å². The van der Waals surface area contributed by atoms with Gasteiger partial charge in [0, 0.05) is 0 Å². The normalized spacial score (nSPS) is 12.0. The molecular weight excluding hydrogens is 508 g/mol. The fourth-order valence-electron chi connectivity index (χ4n) is 2.84. The van der Waals surface area contributed by atoms with Gasteiger partial charge >= 0.3 is 5.97 Å². The molecular formula is C25H34Br2O3. The molecule has 0 unspecified atom stereocenters. The SMILES string of the molecule is CCOC(=O)Cc1cc(Br)c(OC/C=C(/C)CC/C=C(/C)CCC=C(C)C)c(Br)c1. The Labute approximate surface area is 198 Å². The van der Waals surface area contributed by atoms with Crippen LogP contribution in [0.1, 0.15) is 65.9 Å². The molecule has 5 heteroatoms. The average Bonchev–Trinajstić information content (AvgIpc) is 2.63. The van der Waals surface area contributed by atoms with Crippen molar-refractivity contribution < 1.29 is 14.3 Å². The summed E-state index contributed by atoms with van der Waals surface area (Å²) in [7, 11) is 0. The van der Waals surface area contributed by atoms with E-state index in [4.69, 9.17) is 9.47 Å². The lowest BCUT2D eigenvalue weighted by Gasteiger charge is -2.11. The van der Waals surface area contributed by atoms with Crippen LogP contribution in [0.25, 0.3) is 0 Å². The van der Waals surface area contributed by atoms with Gasteiger partial charge in [0.1, 0.15) is 12.4 Å². The van der Waals surface area contributed by atoms with Crippen LogP contribution in [-0.4, -0.2) is 19.2 Å². The quantitative estimate of drug-likeness (QED) is 0.198. The van der Waals surface area contributed by atoms with E-state index in [1.165, 1.54) is 16.7 Å². The fraction of sp³-hybridized carbons (Fsp3) is 0.480. The standard InChI is InChI=1S/C25H34Br2O3/c1-6-29-24(28)17-21-15-22(26)25(23(27)16-21)30-14-13-20(5)12-8-11-19(4)10-7-9-18(2)3/h9,11,13,15-16H,6-8,10,12,14,17H2,1-5H3/b19-11-,20-13-. The summed E-state index contributed by atoms with van der Waals surface area (Å²) in [5, 5.41) is 0. The summed E-state index contributed by atoms with van der Waals surface area (Å²) in [5.41, 5.74) is 5.02. The number of hydrogen-bond donors (Lipinski definition) is 0. The van der Waals surface area contributed by atoms with E-state index < -0.39 is 0 Å². The molecule has 1 aromatic rings. The highest BCUT2D eigenvalue weighted by Gasteiger charge is 2.11. The van der Waals surface area contributed by atoms with Gasteiger partial charge < -0.3 is 9.47 Å². The Morgan fingerprint density at radius 2 is 1.50 bits per heavy atom. The first kappa shape index (κ1) is 26.7. The van der Waals surface area contributed by atoms with Crippen molar-refractivity contribution in [3.8, 4) is 5.75 Å². The molecule has 1 aromatic carbocycles. The molecule has 166 valence electrons. The highest BCUT2D eigenvalue weighted by Crippen LogP contribution is 2.35. The highest BCUT2D eigenvalue weighted by atomic mass is 79.9. The summed E-state index contributed by atoms with van der Waals surface area (Å²) in [5.74, 6) is 0.506. The Hall–Kier alpha value is -1.33. The lowest BCUT2D eigenvalue weighted by molar-refractivity contribution is -0.142. The topological polar surface area (TPSA) is 35.5 Å². The maximum atomic E-state index is 11.7. The molecule has 0 N–H and O–H groups in total. The molecule has 0 aliphatic rings. The van der Waals surface area contributed by atoms with E-state index in [1.807, 2.05) is 12.1 Å². The van der Waals surface area contributed by atoms with Gasteiger partial charge in [0.25, 0.3) is 0 Å². The number of carbonyl (C=O) groups is 1. The van der Waals surface area contributed by atoms with E-state index in [9.17, 15) is 4.79 Å². The van der Waals surface area contributed by atoms with Crippen LogP contribution in [0.4, 0.5) is 0 Å². The minimum Gasteiger partial charge on any atom is -0.487 e. The molecule has 0 saturated carbocycles. The van der Waals surface area contributed by atoms with Crippen LogP contribution in [-0.2, 0) is 16.0 Å². The number of rotatable bonds is 12. The van der Waals surface area contributed by atoms with Crippen molar-refractivity contribution in [2.75, 3.05) is 13.2 Å². The molecule has 0 heterocycles. The lowest BCUT2D eigenvalue weighted by Crippen LogP contribution is -2.07. The second kappa shape index (κ2) is 14.6. The Bertz CT molecular complexity index is 765. The van der Waals surface area contributed by atoms with Crippen molar-refractivity contribution >= 4 is 37.8 Å². The first-order chi connectivity index (χ1) is 14.2.